The lowest BCUT2D eigenvalue weighted by Gasteiger charge is -2.05. The highest BCUT2D eigenvalue weighted by Gasteiger charge is 2.10. The first-order valence-electron chi connectivity index (χ1n) is 5.49. The van der Waals surface area contributed by atoms with Gasteiger partial charge in [0, 0.05) is 19.0 Å². The van der Waals surface area contributed by atoms with E-state index in [1.54, 1.807) is 7.11 Å². The van der Waals surface area contributed by atoms with Crippen LogP contribution in [-0.2, 0) is 13.5 Å². The van der Waals surface area contributed by atoms with E-state index < -0.39 is 0 Å². The molecule has 0 saturated heterocycles. The van der Waals surface area contributed by atoms with Crippen LogP contribution in [0.5, 0.6) is 5.75 Å². The Hall–Kier alpha value is -1.88. The van der Waals surface area contributed by atoms with E-state index in [9.17, 15) is 0 Å². The smallest absolute Gasteiger partial charge is 0.163 e. The summed E-state index contributed by atoms with van der Waals surface area (Å²) in [4.78, 5) is 0. The zero-order valence-electron chi connectivity index (χ0n) is 10.1. The van der Waals surface area contributed by atoms with Gasteiger partial charge in [-0.15, -0.1) is 10.2 Å². The number of benzene rings is 1. The second kappa shape index (κ2) is 4.97. The fourth-order valence-electron chi connectivity index (χ4n) is 1.72. The summed E-state index contributed by atoms with van der Waals surface area (Å²) in [6.07, 6.45) is 0.730. The van der Waals surface area contributed by atoms with Crippen LogP contribution in [0.1, 0.15) is 5.82 Å². The van der Waals surface area contributed by atoms with Crippen molar-refractivity contribution in [1.82, 2.24) is 14.8 Å². The van der Waals surface area contributed by atoms with Crippen molar-refractivity contribution in [3.63, 3.8) is 0 Å². The van der Waals surface area contributed by atoms with Gasteiger partial charge >= 0.3 is 0 Å². The van der Waals surface area contributed by atoms with Crippen molar-refractivity contribution < 1.29 is 4.74 Å². The van der Waals surface area contributed by atoms with E-state index in [0.717, 1.165) is 29.4 Å². The SMILES string of the molecule is COc1cccc(-c2nnc(CCN)n2C)c1. The van der Waals surface area contributed by atoms with Crippen LogP contribution >= 0.6 is 0 Å². The zero-order valence-corrected chi connectivity index (χ0v) is 10.1. The Morgan fingerprint density at radius 1 is 1.35 bits per heavy atom. The van der Waals surface area contributed by atoms with Crippen molar-refractivity contribution in [3.8, 4) is 17.1 Å². The maximum Gasteiger partial charge on any atom is 0.163 e. The Morgan fingerprint density at radius 3 is 2.88 bits per heavy atom. The van der Waals surface area contributed by atoms with Crippen LogP contribution in [0.25, 0.3) is 11.4 Å². The minimum Gasteiger partial charge on any atom is -0.497 e. The number of rotatable bonds is 4. The molecule has 0 fully saturated rings. The molecular weight excluding hydrogens is 216 g/mol. The molecular formula is C12H16N4O. The fraction of sp³-hybridized carbons (Fsp3) is 0.333. The van der Waals surface area contributed by atoms with Gasteiger partial charge < -0.3 is 15.0 Å². The molecule has 5 heteroatoms. The van der Waals surface area contributed by atoms with Crippen molar-refractivity contribution in [2.24, 2.45) is 12.8 Å². The Morgan fingerprint density at radius 2 is 2.18 bits per heavy atom. The predicted molar refractivity (Wildman–Crippen MR) is 65.7 cm³/mol. The molecule has 0 aliphatic rings. The van der Waals surface area contributed by atoms with Crippen molar-refractivity contribution >= 4 is 0 Å². The van der Waals surface area contributed by atoms with Crippen LogP contribution in [0.15, 0.2) is 24.3 Å². The lowest BCUT2D eigenvalue weighted by molar-refractivity contribution is 0.415. The molecule has 2 rings (SSSR count). The average molecular weight is 232 g/mol. The molecule has 0 bridgehead atoms. The molecule has 1 heterocycles. The number of aromatic nitrogens is 3. The number of nitrogens with zero attached hydrogens (tertiary/aromatic N) is 3. The van der Waals surface area contributed by atoms with Gasteiger partial charge in [-0.1, -0.05) is 12.1 Å². The number of hydrogen-bond acceptors (Lipinski definition) is 4. The van der Waals surface area contributed by atoms with E-state index in [1.807, 2.05) is 35.9 Å². The minimum absolute atomic E-state index is 0.573. The van der Waals surface area contributed by atoms with Gasteiger partial charge in [-0.05, 0) is 18.7 Å². The van der Waals surface area contributed by atoms with E-state index >= 15 is 0 Å². The highest BCUT2D eigenvalue weighted by Crippen LogP contribution is 2.22. The topological polar surface area (TPSA) is 66.0 Å². The molecule has 0 atom stereocenters. The third-order valence-corrected chi connectivity index (χ3v) is 2.66. The maximum atomic E-state index is 5.52. The predicted octanol–water partition coefficient (Wildman–Crippen LogP) is 0.992. The molecule has 1 aromatic carbocycles. The fourth-order valence-corrected chi connectivity index (χ4v) is 1.72. The molecule has 0 amide bonds. The summed E-state index contributed by atoms with van der Waals surface area (Å²) in [7, 11) is 3.59. The lowest BCUT2D eigenvalue weighted by Crippen LogP contribution is -2.08. The third kappa shape index (κ3) is 2.29. The summed E-state index contributed by atoms with van der Waals surface area (Å²) in [5.74, 6) is 2.53. The molecule has 0 saturated carbocycles. The molecule has 2 aromatic rings. The Balaban J connectivity index is 2.38. The minimum atomic E-state index is 0.573. The molecule has 17 heavy (non-hydrogen) atoms. The first-order valence-corrected chi connectivity index (χ1v) is 5.49. The van der Waals surface area contributed by atoms with E-state index in [0.29, 0.717) is 6.54 Å². The summed E-state index contributed by atoms with van der Waals surface area (Å²) in [5.41, 5.74) is 6.51. The number of methoxy groups -OCH3 is 1. The molecule has 0 radical (unpaired) electrons. The Labute approximate surface area is 100 Å². The van der Waals surface area contributed by atoms with E-state index in [-0.39, 0.29) is 0 Å². The Kier molecular flexibility index (Phi) is 3.39. The van der Waals surface area contributed by atoms with Gasteiger partial charge in [0.05, 0.1) is 7.11 Å². The molecule has 1 aromatic heterocycles. The number of hydrogen-bond donors (Lipinski definition) is 1. The molecule has 0 unspecified atom stereocenters. The monoisotopic (exact) mass is 232 g/mol. The normalized spacial score (nSPS) is 10.5. The van der Waals surface area contributed by atoms with Gasteiger partial charge in [0.1, 0.15) is 11.6 Å². The van der Waals surface area contributed by atoms with Crippen LogP contribution in [0.3, 0.4) is 0 Å². The van der Waals surface area contributed by atoms with Crippen molar-refractivity contribution in [3.05, 3.63) is 30.1 Å². The van der Waals surface area contributed by atoms with Gasteiger partial charge in [0.15, 0.2) is 5.82 Å². The summed E-state index contributed by atoms with van der Waals surface area (Å²) < 4.78 is 7.15. The molecule has 90 valence electrons. The van der Waals surface area contributed by atoms with Crippen LogP contribution in [0.4, 0.5) is 0 Å². The van der Waals surface area contributed by atoms with Crippen molar-refractivity contribution in [2.75, 3.05) is 13.7 Å². The average Bonchev–Trinajstić information content (AvgIpc) is 2.72. The first-order chi connectivity index (χ1) is 8.26. The maximum absolute atomic E-state index is 5.52. The van der Waals surface area contributed by atoms with Gasteiger partial charge in [-0.2, -0.15) is 0 Å². The summed E-state index contributed by atoms with van der Waals surface area (Å²) in [5, 5.41) is 8.31. The summed E-state index contributed by atoms with van der Waals surface area (Å²) in [6, 6.07) is 7.76. The molecule has 0 aliphatic heterocycles. The second-order valence-corrected chi connectivity index (χ2v) is 3.77. The largest absolute Gasteiger partial charge is 0.497 e. The quantitative estimate of drug-likeness (QED) is 0.853. The zero-order chi connectivity index (χ0) is 12.3. The van der Waals surface area contributed by atoms with Gasteiger partial charge in [0.2, 0.25) is 0 Å². The van der Waals surface area contributed by atoms with E-state index in [2.05, 4.69) is 10.2 Å². The highest BCUT2D eigenvalue weighted by molar-refractivity contribution is 5.57. The van der Waals surface area contributed by atoms with Crippen LogP contribution in [-0.4, -0.2) is 28.4 Å². The van der Waals surface area contributed by atoms with E-state index in [4.69, 9.17) is 10.5 Å². The van der Waals surface area contributed by atoms with Crippen molar-refractivity contribution in [2.45, 2.75) is 6.42 Å². The number of nitrogens with two attached hydrogens (primary N) is 1. The number of ether oxygens (including phenoxy) is 1. The van der Waals surface area contributed by atoms with Crippen LogP contribution < -0.4 is 10.5 Å². The molecule has 0 aliphatic carbocycles. The second-order valence-electron chi connectivity index (χ2n) is 3.77. The van der Waals surface area contributed by atoms with Gasteiger partial charge in [-0.3, -0.25) is 0 Å². The van der Waals surface area contributed by atoms with Gasteiger partial charge in [-0.25, -0.2) is 0 Å². The van der Waals surface area contributed by atoms with Crippen LogP contribution in [0, 0.1) is 0 Å². The lowest BCUT2D eigenvalue weighted by atomic mass is 10.2. The van der Waals surface area contributed by atoms with Gasteiger partial charge in [0.25, 0.3) is 0 Å². The Bertz CT molecular complexity index is 507. The first kappa shape index (κ1) is 11.6. The van der Waals surface area contributed by atoms with E-state index in [1.165, 1.54) is 0 Å². The van der Waals surface area contributed by atoms with Crippen LogP contribution in [0.2, 0.25) is 0 Å². The summed E-state index contributed by atoms with van der Waals surface area (Å²) >= 11 is 0. The standard InChI is InChI=1S/C12H16N4O/c1-16-11(6-7-13)14-15-12(16)9-4-3-5-10(8-9)17-2/h3-5,8H,6-7,13H2,1-2H3. The third-order valence-electron chi connectivity index (χ3n) is 2.66. The van der Waals surface area contributed by atoms with Crippen molar-refractivity contribution in [1.29, 1.82) is 0 Å². The summed E-state index contributed by atoms with van der Waals surface area (Å²) in [6.45, 7) is 0.573. The molecule has 0 spiro atoms. The highest BCUT2D eigenvalue weighted by atomic mass is 16.5. The molecule has 2 N–H and O–H groups in total. The molecule has 5 nitrogen and oxygen atoms in total.